The fourth-order valence-corrected chi connectivity index (χ4v) is 3.76. The number of carbonyl (C=O) groups is 1. The molecule has 1 heterocycles. The fraction of sp³-hybridized carbons (Fsp3) is 0.250. The van der Waals surface area contributed by atoms with Gasteiger partial charge >= 0.3 is 5.97 Å². The van der Waals surface area contributed by atoms with Crippen LogP contribution in [0.15, 0.2) is 59.6 Å². The second-order valence-corrected chi connectivity index (χ2v) is 7.14. The Hall–Kier alpha value is -3.14. The number of ether oxygens (including phenoxy) is 1. The van der Waals surface area contributed by atoms with E-state index in [2.05, 4.69) is 29.9 Å². The second-order valence-electron chi connectivity index (χ2n) is 7.14. The number of benzene rings is 2. The average Bonchev–Trinajstić information content (AvgIpc) is 3.45. The molecule has 0 unspecified atom stereocenters. The van der Waals surface area contributed by atoms with Gasteiger partial charge in [-0.05, 0) is 43.4 Å². The highest BCUT2D eigenvalue weighted by Gasteiger charge is 2.53. The fourth-order valence-electron chi connectivity index (χ4n) is 3.76. The second kappa shape index (κ2) is 7.12. The summed E-state index contributed by atoms with van der Waals surface area (Å²) in [4.78, 5) is 12.6. The van der Waals surface area contributed by atoms with Crippen LogP contribution in [0.3, 0.4) is 0 Å². The standard InChI is InChI=1S/C24H23NO3/c1-4-19-16(3)25-28-22(19)18-12-10-17(11-13-18)20-8-6-7-9-21(20)24(14-15-24)23(26)27-5-2/h4,6-13H,1,5,14-15H2,2-3H3. The van der Waals surface area contributed by atoms with Gasteiger partial charge in [0.05, 0.1) is 17.7 Å². The molecule has 0 amide bonds. The first-order valence-corrected chi connectivity index (χ1v) is 9.57. The molecule has 28 heavy (non-hydrogen) atoms. The first-order valence-electron chi connectivity index (χ1n) is 9.57. The minimum absolute atomic E-state index is 0.119. The molecule has 1 aliphatic rings. The van der Waals surface area contributed by atoms with Crippen LogP contribution in [-0.4, -0.2) is 17.7 Å². The molecule has 0 spiro atoms. The van der Waals surface area contributed by atoms with Gasteiger partial charge in [0.25, 0.3) is 0 Å². The van der Waals surface area contributed by atoms with E-state index in [1.165, 1.54) is 0 Å². The van der Waals surface area contributed by atoms with Crippen LogP contribution in [0, 0.1) is 6.92 Å². The van der Waals surface area contributed by atoms with E-state index >= 15 is 0 Å². The van der Waals surface area contributed by atoms with Crippen LogP contribution in [0.5, 0.6) is 0 Å². The molecule has 1 saturated carbocycles. The molecule has 3 aromatic rings. The lowest BCUT2D eigenvalue weighted by Gasteiger charge is -2.18. The number of rotatable bonds is 6. The molecule has 4 heteroatoms. The number of nitrogens with zero attached hydrogens (tertiary/aromatic N) is 1. The number of hydrogen-bond donors (Lipinski definition) is 0. The number of hydrogen-bond acceptors (Lipinski definition) is 4. The van der Waals surface area contributed by atoms with E-state index in [0.717, 1.165) is 52.1 Å². The van der Waals surface area contributed by atoms with Crippen molar-refractivity contribution in [2.75, 3.05) is 6.61 Å². The summed E-state index contributed by atoms with van der Waals surface area (Å²) in [6.45, 7) is 8.00. The molecule has 142 valence electrons. The molecule has 0 bridgehead atoms. The quantitative estimate of drug-likeness (QED) is 0.531. The third-order valence-electron chi connectivity index (χ3n) is 5.43. The lowest BCUT2D eigenvalue weighted by atomic mass is 9.88. The highest BCUT2D eigenvalue weighted by Crippen LogP contribution is 2.52. The van der Waals surface area contributed by atoms with Gasteiger partial charge in [0, 0.05) is 11.1 Å². The summed E-state index contributed by atoms with van der Waals surface area (Å²) >= 11 is 0. The third-order valence-corrected chi connectivity index (χ3v) is 5.43. The molecule has 0 N–H and O–H groups in total. The highest BCUT2D eigenvalue weighted by atomic mass is 16.5. The summed E-state index contributed by atoms with van der Waals surface area (Å²) in [7, 11) is 0. The van der Waals surface area contributed by atoms with Gasteiger partial charge in [-0.3, -0.25) is 4.79 Å². The Kier molecular flexibility index (Phi) is 4.63. The number of aromatic nitrogens is 1. The lowest BCUT2D eigenvalue weighted by Crippen LogP contribution is -2.23. The maximum absolute atomic E-state index is 12.6. The van der Waals surface area contributed by atoms with Gasteiger partial charge in [0.1, 0.15) is 0 Å². The maximum atomic E-state index is 12.6. The van der Waals surface area contributed by atoms with Crippen LogP contribution in [0.1, 0.15) is 36.6 Å². The SMILES string of the molecule is C=Cc1c(C)noc1-c1ccc(-c2ccccc2C2(C(=O)OCC)CC2)cc1. The first-order chi connectivity index (χ1) is 13.6. The molecule has 0 aliphatic heterocycles. The molecule has 0 radical (unpaired) electrons. The van der Waals surface area contributed by atoms with E-state index in [0.29, 0.717) is 6.61 Å². The molecule has 4 nitrogen and oxygen atoms in total. The molecule has 0 saturated heterocycles. The van der Waals surface area contributed by atoms with Crippen LogP contribution in [0.4, 0.5) is 0 Å². The molecule has 0 atom stereocenters. The molecule has 1 aromatic heterocycles. The normalized spacial score (nSPS) is 14.5. The predicted octanol–water partition coefficient (Wildman–Crippen LogP) is 5.55. The van der Waals surface area contributed by atoms with E-state index in [1.807, 2.05) is 44.2 Å². The van der Waals surface area contributed by atoms with Crippen LogP contribution >= 0.6 is 0 Å². The summed E-state index contributed by atoms with van der Waals surface area (Å²) in [6, 6.07) is 16.2. The van der Waals surface area contributed by atoms with Gasteiger partial charge < -0.3 is 9.26 Å². The lowest BCUT2D eigenvalue weighted by molar-refractivity contribution is -0.146. The zero-order chi connectivity index (χ0) is 19.7. The smallest absolute Gasteiger partial charge is 0.316 e. The van der Waals surface area contributed by atoms with E-state index in [-0.39, 0.29) is 5.97 Å². The largest absolute Gasteiger partial charge is 0.465 e. The van der Waals surface area contributed by atoms with E-state index in [1.54, 1.807) is 6.08 Å². The van der Waals surface area contributed by atoms with E-state index in [4.69, 9.17) is 9.26 Å². The minimum atomic E-state index is -0.497. The summed E-state index contributed by atoms with van der Waals surface area (Å²) in [5, 5.41) is 4.04. The van der Waals surface area contributed by atoms with Gasteiger partial charge in [0.15, 0.2) is 5.76 Å². The highest BCUT2D eigenvalue weighted by molar-refractivity contribution is 5.90. The van der Waals surface area contributed by atoms with E-state index in [9.17, 15) is 4.79 Å². The summed E-state index contributed by atoms with van der Waals surface area (Å²) in [5.41, 5.74) is 5.36. The summed E-state index contributed by atoms with van der Waals surface area (Å²) in [5.74, 6) is 0.601. The van der Waals surface area contributed by atoms with Crippen molar-refractivity contribution < 1.29 is 14.1 Å². The van der Waals surface area contributed by atoms with Gasteiger partial charge in [-0.15, -0.1) is 0 Å². The van der Waals surface area contributed by atoms with E-state index < -0.39 is 5.41 Å². The van der Waals surface area contributed by atoms with Crippen molar-refractivity contribution in [3.05, 3.63) is 71.9 Å². The van der Waals surface area contributed by atoms with Gasteiger partial charge in [-0.2, -0.15) is 0 Å². The molecular weight excluding hydrogens is 350 g/mol. The molecule has 4 rings (SSSR count). The zero-order valence-corrected chi connectivity index (χ0v) is 16.2. The van der Waals surface area contributed by atoms with Crippen molar-refractivity contribution in [1.29, 1.82) is 0 Å². The summed E-state index contributed by atoms with van der Waals surface area (Å²) in [6.07, 6.45) is 3.43. The number of aryl methyl sites for hydroxylation is 1. The Morgan fingerprint density at radius 1 is 1.18 bits per heavy atom. The third kappa shape index (κ3) is 2.95. The molecule has 1 fully saturated rings. The van der Waals surface area contributed by atoms with Crippen LogP contribution in [-0.2, 0) is 14.9 Å². The summed E-state index contributed by atoms with van der Waals surface area (Å²) < 4.78 is 10.8. The molecule has 1 aliphatic carbocycles. The first kappa shape index (κ1) is 18.2. The average molecular weight is 373 g/mol. The Morgan fingerprint density at radius 3 is 2.50 bits per heavy atom. The van der Waals surface area contributed by atoms with Gasteiger partial charge in [-0.1, -0.05) is 66.3 Å². The van der Waals surface area contributed by atoms with Crippen molar-refractivity contribution in [3.8, 4) is 22.5 Å². The Morgan fingerprint density at radius 2 is 1.86 bits per heavy atom. The maximum Gasteiger partial charge on any atom is 0.316 e. The number of esters is 1. The topological polar surface area (TPSA) is 52.3 Å². The van der Waals surface area contributed by atoms with Crippen molar-refractivity contribution in [2.24, 2.45) is 0 Å². The number of carbonyl (C=O) groups excluding carboxylic acids is 1. The van der Waals surface area contributed by atoms with Crippen LogP contribution in [0.2, 0.25) is 0 Å². The van der Waals surface area contributed by atoms with Gasteiger partial charge in [0.2, 0.25) is 0 Å². The zero-order valence-electron chi connectivity index (χ0n) is 16.2. The molecule has 2 aromatic carbocycles. The van der Waals surface area contributed by atoms with Gasteiger partial charge in [-0.25, -0.2) is 0 Å². The van der Waals surface area contributed by atoms with Crippen molar-refractivity contribution in [3.63, 3.8) is 0 Å². The monoisotopic (exact) mass is 373 g/mol. The Bertz CT molecular complexity index is 1030. The van der Waals surface area contributed by atoms with Crippen LogP contribution in [0.25, 0.3) is 28.5 Å². The van der Waals surface area contributed by atoms with Crippen LogP contribution < -0.4 is 0 Å². The Balaban J connectivity index is 1.72. The Labute approximate surface area is 164 Å². The minimum Gasteiger partial charge on any atom is -0.465 e. The predicted molar refractivity (Wildman–Crippen MR) is 110 cm³/mol. The molecular formula is C24H23NO3. The van der Waals surface area contributed by atoms with Crippen molar-refractivity contribution in [1.82, 2.24) is 5.16 Å². The van der Waals surface area contributed by atoms with Crippen molar-refractivity contribution in [2.45, 2.75) is 32.1 Å². The van der Waals surface area contributed by atoms with Crippen molar-refractivity contribution >= 4 is 12.0 Å².